The lowest BCUT2D eigenvalue weighted by molar-refractivity contribution is -0.121. The van der Waals surface area contributed by atoms with Crippen molar-refractivity contribution in [3.05, 3.63) is 30.0 Å². The van der Waals surface area contributed by atoms with Gasteiger partial charge >= 0.3 is 0 Å². The van der Waals surface area contributed by atoms with Gasteiger partial charge in [0.2, 0.25) is 10.0 Å². The van der Waals surface area contributed by atoms with Crippen molar-refractivity contribution in [3.63, 3.8) is 0 Å². The van der Waals surface area contributed by atoms with Gasteiger partial charge in [0.05, 0.1) is 11.4 Å². The van der Waals surface area contributed by atoms with E-state index in [1.54, 1.807) is 6.07 Å². The van der Waals surface area contributed by atoms with Crippen molar-refractivity contribution in [3.8, 4) is 0 Å². The third-order valence-electron chi connectivity index (χ3n) is 6.57. The molecule has 0 saturated heterocycles. The highest BCUT2D eigenvalue weighted by Crippen LogP contribution is 2.46. The number of H-pyrrole nitrogens is 1. The Labute approximate surface area is 168 Å². The highest BCUT2D eigenvalue weighted by molar-refractivity contribution is 7.92. The van der Waals surface area contributed by atoms with Crippen LogP contribution in [-0.2, 0) is 20.2 Å². The van der Waals surface area contributed by atoms with E-state index in [9.17, 15) is 13.2 Å². The molecule has 1 saturated carbocycles. The highest BCUT2D eigenvalue weighted by atomic mass is 32.2. The molecular formula is C22H32N2O3S. The molecule has 6 heteroatoms. The molecule has 2 aromatic rings. The summed E-state index contributed by atoms with van der Waals surface area (Å²) in [5, 5.41) is 0.876. The van der Waals surface area contributed by atoms with Gasteiger partial charge in [-0.3, -0.25) is 9.52 Å². The molecule has 2 unspecified atom stereocenters. The highest BCUT2D eigenvalue weighted by Gasteiger charge is 2.45. The number of carbonyl (C=O) groups is 1. The number of rotatable bonds is 5. The Kier molecular flexibility index (Phi) is 5.15. The topological polar surface area (TPSA) is 79.0 Å². The monoisotopic (exact) mass is 404 g/mol. The first-order valence-corrected chi connectivity index (χ1v) is 11.6. The number of anilines is 1. The summed E-state index contributed by atoms with van der Waals surface area (Å²) < 4.78 is 28.3. The molecule has 1 heterocycles. The van der Waals surface area contributed by atoms with Crippen molar-refractivity contribution in [1.82, 2.24) is 4.98 Å². The average molecular weight is 405 g/mol. The molecule has 28 heavy (non-hydrogen) atoms. The molecule has 0 spiro atoms. The number of fused-ring (bicyclic) bond motifs is 1. The number of hydrogen-bond acceptors (Lipinski definition) is 3. The first-order valence-electron chi connectivity index (χ1n) is 9.97. The maximum Gasteiger partial charge on any atom is 0.232 e. The molecule has 0 amide bonds. The Balaban J connectivity index is 1.78. The number of carbonyl (C=O) groups excluding carboxylic acids is 1. The Hall–Kier alpha value is -1.82. The van der Waals surface area contributed by atoms with Gasteiger partial charge in [0.25, 0.3) is 0 Å². The molecule has 0 radical (unpaired) electrons. The van der Waals surface area contributed by atoms with Gasteiger partial charge in [-0.1, -0.05) is 47.6 Å². The van der Waals surface area contributed by atoms with E-state index >= 15 is 0 Å². The van der Waals surface area contributed by atoms with Crippen molar-refractivity contribution in [2.75, 3.05) is 10.5 Å². The van der Waals surface area contributed by atoms with E-state index in [1.807, 2.05) is 25.1 Å². The number of ketones is 1. The summed E-state index contributed by atoms with van der Waals surface area (Å²) in [6, 6.07) is 7.62. The molecule has 1 aliphatic carbocycles. The van der Waals surface area contributed by atoms with Crippen molar-refractivity contribution < 1.29 is 13.2 Å². The zero-order chi connectivity index (χ0) is 20.9. The van der Waals surface area contributed by atoms with Gasteiger partial charge in [0.15, 0.2) is 0 Å². The molecule has 2 N–H and O–H groups in total. The third kappa shape index (κ3) is 3.97. The van der Waals surface area contributed by atoms with Crippen LogP contribution in [0.5, 0.6) is 0 Å². The maximum absolute atomic E-state index is 12.8. The van der Waals surface area contributed by atoms with Crippen LogP contribution in [-0.4, -0.2) is 24.9 Å². The van der Waals surface area contributed by atoms with Gasteiger partial charge in [-0.05, 0) is 36.0 Å². The molecule has 1 aliphatic rings. The van der Waals surface area contributed by atoms with Crippen LogP contribution in [0.2, 0.25) is 0 Å². The summed E-state index contributed by atoms with van der Waals surface area (Å²) in [5.74, 6) is 0.348. The van der Waals surface area contributed by atoms with E-state index in [-0.39, 0.29) is 34.2 Å². The van der Waals surface area contributed by atoms with E-state index in [0.29, 0.717) is 18.5 Å². The molecule has 3 rings (SSSR count). The largest absolute Gasteiger partial charge is 0.358 e. The second kappa shape index (κ2) is 6.90. The lowest BCUT2D eigenvalue weighted by atomic mass is 9.75. The smallest absolute Gasteiger partial charge is 0.232 e. The normalized spacial score (nSPS) is 22.7. The first kappa shape index (κ1) is 20.9. The number of aromatic amines is 1. The minimum absolute atomic E-state index is 0.0161. The van der Waals surface area contributed by atoms with Gasteiger partial charge in [0.1, 0.15) is 5.78 Å². The van der Waals surface area contributed by atoms with Crippen LogP contribution in [0.25, 0.3) is 10.9 Å². The predicted octanol–water partition coefficient (Wildman–Crippen LogP) is 4.85. The fourth-order valence-corrected chi connectivity index (χ4v) is 5.30. The summed E-state index contributed by atoms with van der Waals surface area (Å²) in [6.07, 6.45) is 0.973. The van der Waals surface area contributed by atoms with Gasteiger partial charge in [0, 0.05) is 34.4 Å². The standard InChI is InChI=1S/C22H32N2O3S/c1-14-19(25)12-15(22(14,5)6)10-11-28(26,27)24-18-9-7-8-17-16(18)13-20(23-17)21(2,3)4/h7-9,13-15,23-24H,10-12H2,1-6H3. The quantitative estimate of drug-likeness (QED) is 0.748. The predicted molar refractivity (Wildman–Crippen MR) is 115 cm³/mol. The fourth-order valence-electron chi connectivity index (χ4n) is 4.09. The summed E-state index contributed by atoms with van der Waals surface area (Å²) in [6.45, 7) is 12.5. The Bertz CT molecular complexity index is 996. The van der Waals surface area contributed by atoms with Crippen LogP contribution in [0, 0.1) is 17.3 Å². The van der Waals surface area contributed by atoms with Gasteiger partial charge in [-0.25, -0.2) is 8.42 Å². The van der Waals surface area contributed by atoms with Crippen LogP contribution in [0.15, 0.2) is 24.3 Å². The zero-order valence-electron chi connectivity index (χ0n) is 17.7. The van der Waals surface area contributed by atoms with Crippen molar-refractivity contribution in [1.29, 1.82) is 0 Å². The van der Waals surface area contributed by atoms with E-state index in [1.165, 1.54) is 0 Å². The fraction of sp³-hybridized carbons (Fsp3) is 0.591. The van der Waals surface area contributed by atoms with Crippen LogP contribution >= 0.6 is 0 Å². The van der Waals surface area contributed by atoms with E-state index < -0.39 is 10.0 Å². The number of sulfonamides is 1. The SMILES string of the molecule is CC1C(=O)CC(CCS(=O)(=O)Nc2cccc3[nH]c(C(C)(C)C)cc23)C1(C)C. The number of benzene rings is 1. The molecule has 0 aliphatic heterocycles. The van der Waals surface area contributed by atoms with Gasteiger partial charge < -0.3 is 4.98 Å². The summed E-state index contributed by atoms with van der Waals surface area (Å²) in [5.41, 5.74) is 2.37. The minimum atomic E-state index is -3.50. The minimum Gasteiger partial charge on any atom is -0.358 e. The summed E-state index contributed by atoms with van der Waals surface area (Å²) >= 11 is 0. The Morgan fingerprint density at radius 1 is 1.25 bits per heavy atom. The first-order chi connectivity index (χ1) is 12.8. The van der Waals surface area contributed by atoms with Crippen molar-refractivity contribution in [2.24, 2.45) is 17.3 Å². The number of aromatic nitrogens is 1. The number of hydrogen-bond donors (Lipinski definition) is 2. The van der Waals surface area contributed by atoms with Gasteiger partial charge in [-0.15, -0.1) is 0 Å². The molecule has 0 bridgehead atoms. The van der Waals surface area contributed by atoms with Crippen molar-refractivity contribution >= 4 is 32.4 Å². The van der Waals surface area contributed by atoms with E-state index in [0.717, 1.165) is 16.6 Å². The molecule has 154 valence electrons. The third-order valence-corrected chi connectivity index (χ3v) is 7.88. The number of nitrogens with one attached hydrogen (secondary N) is 2. The molecule has 1 aromatic heterocycles. The maximum atomic E-state index is 12.8. The molecular weight excluding hydrogens is 372 g/mol. The molecule has 1 aromatic carbocycles. The van der Waals surface area contributed by atoms with Crippen molar-refractivity contribution in [2.45, 2.75) is 59.8 Å². The van der Waals surface area contributed by atoms with E-state index in [4.69, 9.17) is 0 Å². The molecule has 1 fully saturated rings. The molecule has 2 atom stereocenters. The molecule has 5 nitrogen and oxygen atoms in total. The van der Waals surface area contributed by atoms with Gasteiger partial charge in [-0.2, -0.15) is 0 Å². The lowest BCUT2D eigenvalue weighted by Gasteiger charge is -2.30. The lowest BCUT2D eigenvalue weighted by Crippen LogP contribution is -2.27. The second-order valence-electron chi connectivity index (χ2n) is 9.82. The Morgan fingerprint density at radius 3 is 2.50 bits per heavy atom. The van der Waals surface area contributed by atoms with Crippen LogP contribution < -0.4 is 4.72 Å². The van der Waals surface area contributed by atoms with Crippen LogP contribution in [0.4, 0.5) is 5.69 Å². The summed E-state index contributed by atoms with van der Waals surface area (Å²) in [4.78, 5) is 15.5. The Morgan fingerprint density at radius 2 is 1.93 bits per heavy atom. The van der Waals surface area contributed by atoms with E-state index in [2.05, 4.69) is 44.3 Å². The average Bonchev–Trinajstić information content (AvgIpc) is 3.09. The van der Waals surface area contributed by atoms with Crippen LogP contribution in [0.3, 0.4) is 0 Å². The van der Waals surface area contributed by atoms with Crippen LogP contribution in [0.1, 0.15) is 60.1 Å². The number of Topliss-reactive ketones (excluding diaryl/α,β-unsaturated/α-hetero) is 1. The second-order valence-corrected chi connectivity index (χ2v) is 11.7. The zero-order valence-corrected chi connectivity index (χ0v) is 18.5. The summed E-state index contributed by atoms with van der Waals surface area (Å²) in [7, 11) is -3.50.